The van der Waals surface area contributed by atoms with Crippen LogP contribution in [0.3, 0.4) is 0 Å². The molecule has 0 aromatic heterocycles. The van der Waals surface area contributed by atoms with E-state index in [2.05, 4.69) is 0 Å². The molecule has 94 valence electrons. The highest BCUT2D eigenvalue weighted by Crippen LogP contribution is 2.34. The van der Waals surface area contributed by atoms with Gasteiger partial charge in [0.2, 0.25) is 0 Å². The Morgan fingerprint density at radius 1 is 1.59 bits per heavy atom. The minimum atomic E-state index is -3.03. The predicted octanol–water partition coefficient (Wildman–Crippen LogP) is 2.86. The first-order valence-corrected chi connectivity index (χ1v) is 4.82. The van der Waals surface area contributed by atoms with E-state index in [1.807, 2.05) is 0 Å². The molecule has 0 fully saturated rings. The second-order valence-electron chi connectivity index (χ2n) is 3.46. The van der Waals surface area contributed by atoms with Gasteiger partial charge in [0, 0.05) is 19.1 Å². The fraction of sp³-hybridized carbons (Fsp3) is 0.333. The fourth-order valence-electron chi connectivity index (χ4n) is 1.03. The van der Waals surface area contributed by atoms with Crippen LogP contribution in [-0.2, 0) is 0 Å². The smallest absolute Gasteiger partial charge is 0.293 e. The lowest BCUT2D eigenvalue weighted by Crippen LogP contribution is -2.21. The summed E-state index contributed by atoms with van der Waals surface area (Å²) in [7, 11) is 0. The van der Waals surface area contributed by atoms with Crippen molar-refractivity contribution in [3.8, 4) is 5.75 Å². The standard InChI is InChI=1S/C9H9ClF2N2O3/c1-9(11,12)4-17-8-3-6(13)7(14(15)16)2-5(8)10/h2-3H,4,13H2,1H3. The van der Waals surface area contributed by atoms with Crippen molar-refractivity contribution in [2.45, 2.75) is 12.8 Å². The molecule has 1 aromatic carbocycles. The quantitative estimate of drug-likeness (QED) is 0.516. The molecule has 0 heterocycles. The van der Waals surface area contributed by atoms with Gasteiger partial charge in [0.15, 0.2) is 6.61 Å². The molecule has 17 heavy (non-hydrogen) atoms. The molecule has 5 nitrogen and oxygen atoms in total. The second kappa shape index (κ2) is 4.70. The van der Waals surface area contributed by atoms with Crippen molar-refractivity contribution >= 4 is 23.0 Å². The number of nitrogen functional groups attached to an aromatic ring is 1. The summed E-state index contributed by atoms with van der Waals surface area (Å²) in [5, 5.41) is 10.4. The predicted molar refractivity (Wildman–Crippen MR) is 58.6 cm³/mol. The Hall–Kier alpha value is -1.63. The number of anilines is 1. The lowest BCUT2D eigenvalue weighted by atomic mass is 10.2. The number of halogens is 3. The van der Waals surface area contributed by atoms with Crippen LogP contribution in [0.25, 0.3) is 0 Å². The third-order valence-electron chi connectivity index (χ3n) is 1.76. The molecule has 0 atom stereocenters. The van der Waals surface area contributed by atoms with Crippen LogP contribution in [0.15, 0.2) is 12.1 Å². The first-order chi connectivity index (χ1) is 7.70. The molecule has 0 bridgehead atoms. The molecule has 0 saturated carbocycles. The number of hydrogen-bond donors (Lipinski definition) is 1. The Bertz CT molecular complexity index is 449. The minimum Gasteiger partial charge on any atom is -0.486 e. The van der Waals surface area contributed by atoms with Crippen molar-refractivity contribution in [3.63, 3.8) is 0 Å². The van der Waals surface area contributed by atoms with Crippen LogP contribution in [0.5, 0.6) is 5.75 Å². The largest absolute Gasteiger partial charge is 0.486 e. The maximum atomic E-state index is 12.5. The number of nitrogens with two attached hydrogens (primary N) is 1. The third kappa shape index (κ3) is 3.70. The average Bonchev–Trinajstić information content (AvgIpc) is 2.17. The molecule has 0 aliphatic rings. The van der Waals surface area contributed by atoms with Gasteiger partial charge in [-0.25, -0.2) is 8.78 Å². The van der Waals surface area contributed by atoms with Gasteiger partial charge in [-0.05, 0) is 0 Å². The monoisotopic (exact) mass is 266 g/mol. The molecule has 0 unspecified atom stereocenters. The number of hydrogen-bond acceptors (Lipinski definition) is 4. The van der Waals surface area contributed by atoms with Gasteiger partial charge in [-0.2, -0.15) is 0 Å². The second-order valence-corrected chi connectivity index (χ2v) is 3.86. The zero-order chi connectivity index (χ0) is 13.2. The Morgan fingerprint density at radius 3 is 2.65 bits per heavy atom. The van der Waals surface area contributed by atoms with Gasteiger partial charge in [0.1, 0.15) is 11.4 Å². The van der Waals surface area contributed by atoms with Crippen LogP contribution in [0.4, 0.5) is 20.2 Å². The van der Waals surface area contributed by atoms with Crippen molar-refractivity contribution in [1.82, 2.24) is 0 Å². The van der Waals surface area contributed by atoms with E-state index >= 15 is 0 Å². The minimum absolute atomic E-state index is 0.115. The topological polar surface area (TPSA) is 78.4 Å². The molecule has 0 saturated heterocycles. The summed E-state index contributed by atoms with van der Waals surface area (Å²) in [4.78, 5) is 9.79. The van der Waals surface area contributed by atoms with Crippen LogP contribution in [0, 0.1) is 10.1 Å². The number of ether oxygens (including phenoxy) is 1. The maximum absolute atomic E-state index is 12.5. The number of nitro benzene ring substituents is 1. The molecule has 1 rings (SSSR count). The molecule has 0 radical (unpaired) electrons. The number of nitrogens with zero attached hydrogens (tertiary/aromatic N) is 1. The first kappa shape index (κ1) is 13.4. The fourth-order valence-corrected chi connectivity index (χ4v) is 1.24. The molecule has 2 N–H and O–H groups in total. The van der Waals surface area contributed by atoms with Crippen molar-refractivity contribution in [3.05, 3.63) is 27.3 Å². The average molecular weight is 267 g/mol. The van der Waals surface area contributed by atoms with Gasteiger partial charge in [-0.3, -0.25) is 10.1 Å². The molecule has 0 amide bonds. The van der Waals surface area contributed by atoms with Gasteiger partial charge in [0.05, 0.1) is 9.95 Å². The van der Waals surface area contributed by atoms with Crippen LogP contribution < -0.4 is 10.5 Å². The van der Waals surface area contributed by atoms with Crippen molar-refractivity contribution in [2.24, 2.45) is 0 Å². The van der Waals surface area contributed by atoms with Gasteiger partial charge >= 0.3 is 0 Å². The lowest BCUT2D eigenvalue weighted by molar-refractivity contribution is -0.383. The summed E-state index contributed by atoms with van der Waals surface area (Å²) < 4.78 is 29.8. The number of benzene rings is 1. The molecule has 1 aromatic rings. The Labute approximate surface area is 100 Å². The van der Waals surface area contributed by atoms with Crippen LogP contribution in [0.2, 0.25) is 5.02 Å². The van der Waals surface area contributed by atoms with E-state index in [1.54, 1.807) is 0 Å². The summed E-state index contributed by atoms with van der Waals surface area (Å²) in [5.74, 6) is -3.14. The van der Waals surface area contributed by atoms with Crippen molar-refractivity contribution in [2.75, 3.05) is 12.3 Å². The zero-order valence-electron chi connectivity index (χ0n) is 8.75. The molecule has 0 spiro atoms. The van der Waals surface area contributed by atoms with E-state index in [-0.39, 0.29) is 16.5 Å². The number of alkyl halides is 2. The lowest BCUT2D eigenvalue weighted by Gasteiger charge is -2.13. The maximum Gasteiger partial charge on any atom is 0.293 e. The molecule has 0 aliphatic heterocycles. The molecule has 8 heteroatoms. The van der Waals surface area contributed by atoms with Crippen LogP contribution in [0.1, 0.15) is 6.92 Å². The summed E-state index contributed by atoms with van der Waals surface area (Å²) >= 11 is 5.64. The van der Waals surface area contributed by atoms with Gasteiger partial charge in [0.25, 0.3) is 11.6 Å². The molecular formula is C9H9ClF2N2O3. The van der Waals surface area contributed by atoms with Crippen LogP contribution in [-0.4, -0.2) is 17.5 Å². The Kier molecular flexibility index (Phi) is 3.72. The van der Waals surface area contributed by atoms with E-state index < -0.39 is 23.1 Å². The third-order valence-corrected chi connectivity index (χ3v) is 2.05. The summed E-state index contributed by atoms with van der Waals surface area (Å²) in [5.41, 5.74) is 4.76. The molecule has 0 aliphatic carbocycles. The summed E-state index contributed by atoms with van der Waals surface area (Å²) in [6.45, 7) is -0.209. The van der Waals surface area contributed by atoms with E-state index in [4.69, 9.17) is 22.1 Å². The van der Waals surface area contributed by atoms with Crippen molar-refractivity contribution < 1.29 is 18.4 Å². The highest BCUT2D eigenvalue weighted by atomic mass is 35.5. The van der Waals surface area contributed by atoms with E-state index in [9.17, 15) is 18.9 Å². The van der Waals surface area contributed by atoms with Crippen molar-refractivity contribution in [1.29, 1.82) is 0 Å². The van der Waals surface area contributed by atoms with Gasteiger partial charge < -0.3 is 10.5 Å². The SMILES string of the molecule is CC(F)(F)COc1cc(N)c([N+](=O)[O-])cc1Cl. The van der Waals surface area contributed by atoms with E-state index in [0.29, 0.717) is 6.92 Å². The molecular weight excluding hydrogens is 258 g/mol. The van der Waals surface area contributed by atoms with E-state index in [0.717, 1.165) is 12.1 Å². The van der Waals surface area contributed by atoms with E-state index in [1.165, 1.54) is 0 Å². The van der Waals surface area contributed by atoms with Gasteiger partial charge in [-0.15, -0.1) is 0 Å². The number of nitro groups is 1. The highest BCUT2D eigenvalue weighted by molar-refractivity contribution is 6.32. The zero-order valence-corrected chi connectivity index (χ0v) is 9.50. The Balaban J connectivity index is 2.96. The van der Waals surface area contributed by atoms with Crippen LogP contribution >= 0.6 is 11.6 Å². The number of rotatable bonds is 4. The summed E-state index contributed by atoms with van der Waals surface area (Å²) in [6, 6.07) is 2.01. The Morgan fingerprint density at radius 2 is 2.18 bits per heavy atom. The first-order valence-electron chi connectivity index (χ1n) is 4.45. The summed E-state index contributed by atoms with van der Waals surface area (Å²) in [6.07, 6.45) is 0. The normalized spacial score (nSPS) is 11.3. The highest BCUT2D eigenvalue weighted by Gasteiger charge is 2.24. The van der Waals surface area contributed by atoms with Gasteiger partial charge in [-0.1, -0.05) is 11.6 Å².